The molecular weight excluding hydrogens is 324 g/mol. The molecule has 0 aliphatic rings. The maximum absolute atomic E-state index is 7.41. The van der Waals surface area contributed by atoms with Gasteiger partial charge in [-0.2, -0.15) is 16.5 Å². The SMILES string of the molecule is Cc1ncsc1C(N/C=C(\N=N)c1ccsc1)c1ccccc1. The molecule has 0 fully saturated rings. The number of rotatable bonds is 6. The van der Waals surface area contributed by atoms with Crippen LogP contribution in [0.5, 0.6) is 0 Å². The Morgan fingerprint density at radius 2 is 2.13 bits per heavy atom. The number of hydrogen-bond donors (Lipinski definition) is 2. The molecule has 3 rings (SSSR count). The summed E-state index contributed by atoms with van der Waals surface area (Å²) in [5.74, 6) is 0. The van der Waals surface area contributed by atoms with Crippen molar-refractivity contribution in [1.82, 2.24) is 10.3 Å². The first-order chi connectivity index (χ1) is 11.3. The minimum atomic E-state index is -0.000847. The topological polar surface area (TPSA) is 61.1 Å². The van der Waals surface area contributed by atoms with E-state index in [4.69, 9.17) is 5.53 Å². The fraction of sp³-hybridized carbons (Fsp3) is 0.118. The van der Waals surface area contributed by atoms with Gasteiger partial charge in [0.05, 0.1) is 22.1 Å². The van der Waals surface area contributed by atoms with Crippen molar-refractivity contribution in [1.29, 1.82) is 5.53 Å². The molecule has 2 heterocycles. The molecule has 4 nitrogen and oxygen atoms in total. The first-order valence-corrected chi connectivity index (χ1v) is 8.93. The van der Waals surface area contributed by atoms with Crippen molar-refractivity contribution in [3.05, 3.63) is 80.6 Å². The van der Waals surface area contributed by atoms with E-state index < -0.39 is 0 Å². The largest absolute Gasteiger partial charge is 0.377 e. The average Bonchev–Trinajstić information content (AvgIpc) is 3.25. The van der Waals surface area contributed by atoms with Gasteiger partial charge in [0.15, 0.2) is 0 Å². The van der Waals surface area contributed by atoms with Crippen molar-refractivity contribution < 1.29 is 0 Å². The number of nitrogens with zero attached hydrogens (tertiary/aromatic N) is 2. The molecule has 0 saturated carbocycles. The summed E-state index contributed by atoms with van der Waals surface area (Å²) in [6, 6.07) is 12.2. The van der Waals surface area contributed by atoms with Crippen molar-refractivity contribution in [2.75, 3.05) is 0 Å². The second-order valence-corrected chi connectivity index (χ2v) is 6.63. The fourth-order valence-electron chi connectivity index (χ4n) is 2.31. The van der Waals surface area contributed by atoms with Crippen LogP contribution in [0.4, 0.5) is 0 Å². The average molecular weight is 340 g/mol. The molecule has 0 amide bonds. The van der Waals surface area contributed by atoms with Crippen LogP contribution in [0.1, 0.15) is 27.7 Å². The third-order valence-corrected chi connectivity index (χ3v) is 5.18. The summed E-state index contributed by atoms with van der Waals surface area (Å²) >= 11 is 3.23. The van der Waals surface area contributed by atoms with Crippen LogP contribution in [-0.2, 0) is 0 Å². The van der Waals surface area contributed by atoms with Gasteiger partial charge < -0.3 is 5.32 Å². The molecule has 23 heavy (non-hydrogen) atoms. The van der Waals surface area contributed by atoms with Crippen LogP contribution >= 0.6 is 22.7 Å². The second-order valence-electron chi connectivity index (χ2n) is 4.97. The molecular formula is C17H16N4S2. The third-order valence-electron chi connectivity index (χ3n) is 3.50. The van der Waals surface area contributed by atoms with Gasteiger partial charge in [0.25, 0.3) is 0 Å². The van der Waals surface area contributed by atoms with E-state index >= 15 is 0 Å². The minimum absolute atomic E-state index is 0.000847. The quantitative estimate of drug-likeness (QED) is 0.604. The van der Waals surface area contributed by atoms with Gasteiger partial charge in [-0.05, 0) is 23.9 Å². The number of benzene rings is 1. The van der Waals surface area contributed by atoms with Gasteiger partial charge in [0.2, 0.25) is 0 Å². The molecule has 0 spiro atoms. The summed E-state index contributed by atoms with van der Waals surface area (Å²) in [6.07, 6.45) is 1.81. The molecule has 0 radical (unpaired) electrons. The van der Waals surface area contributed by atoms with E-state index in [1.165, 1.54) is 4.88 Å². The smallest absolute Gasteiger partial charge is 0.109 e. The van der Waals surface area contributed by atoms with Crippen LogP contribution in [0, 0.1) is 12.5 Å². The molecule has 1 unspecified atom stereocenters. The van der Waals surface area contributed by atoms with Gasteiger partial charge >= 0.3 is 0 Å². The minimum Gasteiger partial charge on any atom is -0.377 e. The standard InChI is InChI=1S/C17H16N4S2/c1-12-17(23-11-20-12)16(13-5-3-2-4-6-13)19-9-15(21-18)14-7-8-22-10-14/h2-11,16,18-19H,1H3/b15-9-,21-18?. The number of aryl methyl sites for hydroxylation is 1. The zero-order valence-electron chi connectivity index (χ0n) is 12.6. The number of nitrogens with one attached hydrogen (secondary N) is 2. The van der Waals surface area contributed by atoms with E-state index in [1.54, 1.807) is 22.7 Å². The molecule has 0 aliphatic carbocycles. The highest BCUT2D eigenvalue weighted by atomic mass is 32.1. The van der Waals surface area contributed by atoms with E-state index in [9.17, 15) is 0 Å². The van der Waals surface area contributed by atoms with Gasteiger partial charge in [-0.15, -0.1) is 11.3 Å². The molecule has 1 atom stereocenters. The van der Waals surface area contributed by atoms with Gasteiger partial charge in [-0.3, -0.25) is 0 Å². The maximum Gasteiger partial charge on any atom is 0.109 e. The highest BCUT2D eigenvalue weighted by Crippen LogP contribution is 2.28. The normalized spacial score (nSPS) is 12.8. The summed E-state index contributed by atoms with van der Waals surface area (Å²) in [5, 5.41) is 11.0. The zero-order chi connectivity index (χ0) is 16.1. The van der Waals surface area contributed by atoms with Crippen molar-refractivity contribution in [3.63, 3.8) is 0 Å². The Balaban J connectivity index is 1.94. The lowest BCUT2D eigenvalue weighted by molar-refractivity contribution is 0.735. The second kappa shape index (κ2) is 7.30. The molecule has 2 N–H and O–H groups in total. The van der Waals surface area contributed by atoms with Crippen LogP contribution in [0.15, 0.2) is 64.0 Å². The van der Waals surface area contributed by atoms with E-state index in [0.29, 0.717) is 5.70 Å². The fourth-order valence-corrected chi connectivity index (χ4v) is 3.85. The lowest BCUT2D eigenvalue weighted by Gasteiger charge is -2.17. The number of thiophene rings is 1. The van der Waals surface area contributed by atoms with Crippen molar-refractivity contribution in [2.45, 2.75) is 13.0 Å². The van der Waals surface area contributed by atoms with Crippen LogP contribution < -0.4 is 5.32 Å². The van der Waals surface area contributed by atoms with Gasteiger partial charge in [-0.25, -0.2) is 10.5 Å². The molecule has 0 bridgehead atoms. The van der Waals surface area contributed by atoms with Crippen molar-refractivity contribution in [3.8, 4) is 0 Å². The highest BCUT2D eigenvalue weighted by molar-refractivity contribution is 7.09. The van der Waals surface area contributed by atoms with Crippen molar-refractivity contribution in [2.24, 2.45) is 5.11 Å². The summed E-state index contributed by atoms with van der Waals surface area (Å²) < 4.78 is 0. The van der Waals surface area contributed by atoms with Crippen LogP contribution in [0.25, 0.3) is 5.70 Å². The molecule has 0 aliphatic heterocycles. The summed E-state index contributed by atoms with van der Waals surface area (Å²) in [5.41, 5.74) is 13.0. The van der Waals surface area contributed by atoms with Gasteiger partial charge in [0, 0.05) is 17.1 Å². The number of aromatic nitrogens is 1. The number of hydrogen-bond acceptors (Lipinski definition) is 6. The zero-order valence-corrected chi connectivity index (χ0v) is 14.2. The Morgan fingerprint density at radius 3 is 2.74 bits per heavy atom. The van der Waals surface area contributed by atoms with Gasteiger partial charge in [-0.1, -0.05) is 30.3 Å². The number of thiazole rings is 1. The predicted octanol–water partition coefficient (Wildman–Crippen LogP) is 5.22. The molecule has 3 aromatic rings. The molecule has 116 valence electrons. The summed E-state index contributed by atoms with van der Waals surface area (Å²) in [6.45, 7) is 2.02. The Labute approximate surface area is 143 Å². The van der Waals surface area contributed by atoms with E-state index in [1.807, 2.05) is 53.7 Å². The lowest BCUT2D eigenvalue weighted by Crippen LogP contribution is -2.17. The first-order valence-electron chi connectivity index (χ1n) is 7.10. The Kier molecular flexibility index (Phi) is 4.95. The lowest BCUT2D eigenvalue weighted by atomic mass is 10.0. The van der Waals surface area contributed by atoms with Crippen LogP contribution in [-0.4, -0.2) is 4.98 Å². The maximum atomic E-state index is 7.41. The summed E-state index contributed by atoms with van der Waals surface area (Å²) in [4.78, 5) is 5.53. The predicted molar refractivity (Wildman–Crippen MR) is 95.7 cm³/mol. The van der Waals surface area contributed by atoms with E-state index in [2.05, 4.69) is 27.5 Å². The third kappa shape index (κ3) is 3.55. The van der Waals surface area contributed by atoms with E-state index in [0.717, 1.165) is 16.8 Å². The van der Waals surface area contributed by atoms with E-state index in [-0.39, 0.29) is 6.04 Å². The molecule has 0 saturated heterocycles. The molecule has 1 aromatic carbocycles. The van der Waals surface area contributed by atoms with Crippen molar-refractivity contribution >= 4 is 28.4 Å². The molecule has 2 aromatic heterocycles. The Hall–Kier alpha value is -2.31. The highest BCUT2D eigenvalue weighted by Gasteiger charge is 2.17. The Bertz CT molecular complexity index is 791. The van der Waals surface area contributed by atoms with Crippen LogP contribution in [0.2, 0.25) is 0 Å². The molecule has 6 heteroatoms. The van der Waals surface area contributed by atoms with Crippen LogP contribution in [0.3, 0.4) is 0 Å². The summed E-state index contributed by atoms with van der Waals surface area (Å²) in [7, 11) is 0. The van der Waals surface area contributed by atoms with Gasteiger partial charge in [0.1, 0.15) is 5.70 Å². The first kappa shape index (κ1) is 15.6. The monoisotopic (exact) mass is 340 g/mol. The Morgan fingerprint density at radius 1 is 1.30 bits per heavy atom.